The van der Waals surface area contributed by atoms with Crippen LogP contribution in [0.4, 0.5) is 5.69 Å². The number of hydrogen-bond donors (Lipinski definition) is 3. The molecule has 8 nitrogen and oxygen atoms in total. The second kappa shape index (κ2) is 6.97. The molecule has 0 fully saturated rings. The van der Waals surface area contributed by atoms with E-state index in [2.05, 4.69) is 10.3 Å². The predicted molar refractivity (Wildman–Crippen MR) is 110 cm³/mol. The Bertz CT molecular complexity index is 1350. The van der Waals surface area contributed by atoms with Crippen LogP contribution >= 0.6 is 12.2 Å². The van der Waals surface area contributed by atoms with Crippen molar-refractivity contribution >= 4 is 44.7 Å². The van der Waals surface area contributed by atoms with Gasteiger partial charge >= 0.3 is 0 Å². The first-order valence-electron chi connectivity index (χ1n) is 8.17. The van der Waals surface area contributed by atoms with E-state index in [1.54, 1.807) is 20.9 Å². The van der Waals surface area contributed by atoms with Crippen molar-refractivity contribution in [1.82, 2.24) is 9.55 Å². The molecule has 1 amide bonds. The van der Waals surface area contributed by atoms with E-state index < -0.39 is 15.9 Å². The Morgan fingerprint density at radius 3 is 2.54 bits per heavy atom. The van der Waals surface area contributed by atoms with Gasteiger partial charge in [-0.25, -0.2) is 13.6 Å². The van der Waals surface area contributed by atoms with Gasteiger partial charge < -0.3 is 10.3 Å². The van der Waals surface area contributed by atoms with E-state index >= 15 is 0 Å². The summed E-state index contributed by atoms with van der Waals surface area (Å²) in [5.41, 5.74) is 2.18. The molecule has 146 valence electrons. The lowest BCUT2D eigenvalue weighted by Crippen LogP contribution is -2.19. The number of hydrogen-bond acceptors (Lipinski definition) is 5. The summed E-state index contributed by atoms with van der Waals surface area (Å²) < 4.78 is 24.9. The summed E-state index contributed by atoms with van der Waals surface area (Å²) in [6, 6.07) is 7.35. The van der Waals surface area contributed by atoms with Gasteiger partial charge in [0.1, 0.15) is 0 Å². The number of sulfonamides is 1. The first kappa shape index (κ1) is 19.9. The normalized spacial score (nSPS) is 11.6. The second-order valence-corrected chi connectivity index (χ2v) is 8.41. The molecule has 3 rings (SSSR count). The number of H-pyrrole nitrogens is 1. The number of carbonyl (C=O) groups is 1. The number of anilines is 1. The molecule has 1 heterocycles. The zero-order valence-corrected chi connectivity index (χ0v) is 17.0. The predicted octanol–water partition coefficient (Wildman–Crippen LogP) is 2.11. The maximum absolute atomic E-state index is 12.7. The molecule has 0 aliphatic heterocycles. The summed E-state index contributed by atoms with van der Waals surface area (Å²) in [5, 5.41) is 8.31. The molecule has 10 heteroatoms. The Hall–Kier alpha value is -2.82. The van der Waals surface area contributed by atoms with Crippen LogP contribution in [0.15, 0.2) is 40.0 Å². The summed E-state index contributed by atoms with van der Waals surface area (Å²) in [6.07, 6.45) is 0. The van der Waals surface area contributed by atoms with Crippen molar-refractivity contribution < 1.29 is 13.2 Å². The van der Waals surface area contributed by atoms with Gasteiger partial charge in [0.2, 0.25) is 10.0 Å². The van der Waals surface area contributed by atoms with E-state index in [1.807, 2.05) is 0 Å². The minimum Gasteiger partial charge on any atom is -0.332 e. The molecular formula is C18H18N4O4S2. The molecule has 0 saturated heterocycles. The van der Waals surface area contributed by atoms with Gasteiger partial charge in [0.05, 0.1) is 15.8 Å². The Kier molecular flexibility index (Phi) is 4.96. The molecule has 1 aromatic heterocycles. The van der Waals surface area contributed by atoms with Crippen LogP contribution in [0.1, 0.15) is 21.5 Å². The third-order valence-electron chi connectivity index (χ3n) is 4.58. The standard InChI is InChI=1S/C18H18N4O4S2/c1-9-6-12(28(19,25)26)8-14(10(9)2)20-16(23)11-4-5-13-15(7-11)21-18(27)22(3)17(13)24/h4-8H,1-3H3,(H,20,23)(H,21,27)(H2,19,25,26). The Morgan fingerprint density at radius 1 is 1.21 bits per heavy atom. The molecule has 0 atom stereocenters. The van der Waals surface area contributed by atoms with Gasteiger partial charge in [-0.15, -0.1) is 0 Å². The number of benzene rings is 2. The zero-order valence-electron chi connectivity index (χ0n) is 15.4. The molecule has 0 unspecified atom stereocenters. The Labute approximate surface area is 166 Å². The molecule has 3 aromatic rings. The van der Waals surface area contributed by atoms with E-state index in [-0.39, 0.29) is 20.8 Å². The molecule has 0 saturated carbocycles. The molecule has 0 bridgehead atoms. The fourth-order valence-corrected chi connectivity index (χ4v) is 3.58. The number of primary sulfonamides is 1. The van der Waals surface area contributed by atoms with Gasteiger partial charge in [-0.2, -0.15) is 0 Å². The topological polar surface area (TPSA) is 127 Å². The number of carbonyl (C=O) groups excluding carboxylic acids is 1. The largest absolute Gasteiger partial charge is 0.332 e. The van der Waals surface area contributed by atoms with Crippen molar-refractivity contribution in [2.24, 2.45) is 12.2 Å². The molecule has 0 aliphatic carbocycles. The number of aromatic nitrogens is 2. The van der Waals surface area contributed by atoms with Gasteiger partial charge in [0.15, 0.2) is 4.77 Å². The number of nitrogens with one attached hydrogen (secondary N) is 2. The minimum atomic E-state index is -3.91. The number of nitrogens with two attached hydrogens (primary N) is 1. The first-order chi connectivity index (χ1) is 13.0. The molecule has 4 N–H and O–H groups in total. The molecular weight excluding hydrogens is 400 g/mol. The lowest BCUT2D eigenvalue weighted by Gasteiger charge is -2.13. The molecule has 28 heavy (non-hydrogen) atoms. The summed E-state index contributed by atoms with van der Waals surface area (Å²) in [5.74, 6) is -0.462. The summed E-state index contributed by atoms with van der Waals surface area (Å²) in [6.45, 7) is 3.49. The van der Waals surface area contributed by atoms with Gasteiger partial charge in [0.25, 0.3) is 11.5 Å². The lowest BCUT2D eigenvalue weighted by molar-refractivity contribution is 0.102. The van der Waals surface area contributed by atoms with Crippen LogP contribution in [0.3, 0.4) is 0 Å². The Balaban J connectivity index is 2.05. The highest BCUT2D eigenvalue weighted by molar-refractivity contribution is 7.89. The zero-order chi connectivity index (χ0) is 20.8. The smallest absolute Gasteiger partial charge is 0.261 e. The van der Waals surface area contributed by atoms with Crippen LogP contribution in [-0.4, -0.2) is 23.9 Å². The monoisotopic (exact) mass is 418 g/mol. The van der Waals surface area contributed by atoms with Crippen molar-refractivity contribution in [3.63, 3.8) is 0 Å². The van der Waals surface area contributed by atoms with E-state index in [0.29, 0.717) is 22.2 Å². The number of aryl methyl sites for hydroxylation is 1. The third kappa shape index (κ3) is 3.61. The minimum absolute atomic E-state index is 0.0861. The van der Waals surface area contributed by atoms with Gasteiger partial charge in [-0.1, -0.05) is 0 Å². The molecule has 0 spiro atoms. The average molecular weight is 419 g/mol. The van der Waals surface area contributed by atoms with Crippen molar-refractivity contribution in [2.75, 3.05) is 5.32 Å². The van der Waals surface area contributed by atoms with Crippen LogP contribution in [0.5, 0.6) is 0 Å². The van der Waals surface area contributed by atoms with E-state index in [1.165, 1.54) is 34.9 Å². The van der Waals surface area contributed by atoms with Crippen LogP contribution in [0.2, 0.25) is 0 Å². The SMILES string of the molecule is Cc1cc(S(N)(=O)=O)cc(NC(=O)c2ccc3c(=O)n(C)c(=S)[nH]c3c2)c1C. The number of rotatable bonds is 3. The summed E-state index contributed by atoms with van der Waals surface area (Å²) >= 11 is 5.10. The van der Waals surface area contributed by atoms with Gasteiger partial charge in [0, 0.05) is 18.3 Å². The van der Waals surface area contributed by atoms with E-state index in [9.17, 15) is 18.0 Å². The van der Waals surface area contributed by atoms with Crippen LogP contribution < -0.4 is 16.0 Å². The first-order valence-corrected chi connectivity index (χ1v) is 10.1. The highest BCUT2D eigenvalue weighted by Gasteiger charge is 2.15. The van der Waals surface area contributed by atoms with Crippen LogP contribution in [-0.2, 0) is 17.1 Å². The van der Waals surface area contributed by atoms with E-state index in [0.717, 1.165) is 5.56 Å². The molecule has 0 aliphatic rings. The quantitative estimate of drug-likeness (QED) is 0.562. The summed E-state index contributed by atoms with van der Waals surface area (Å²) in [7, 11) is -2.35. The van der Waals surface area contributed by atoms with Crippen molar-refractivity contribution in [3.8, 4) is 0 Å². The van der Waals surface area contributed by atoms with Crippen LogP contribution in [0.25, 0.3) is 10.9 Å². The average Bonchev–Trinajstić information content (AvgIpc) is 2.62. The summed E-state index contributed by atoms with van der Waals surface area (Å²) in [4.78, 5) is 27.8. The van der Waals surface area contributed by atoms with Crippen molar-refractivity contribution in [1.29, 1.82) is 0 Å². The maximum atomic E-state index is 12.7. The molecule has 0 radical (unpaired) electrons. The van der Waals surface area contributed by atoms with E-state index in [4.69, 9.17) is 17.4 Å². The fraction of sp³-hybridized carbons (Fsp3) is 0.167. The lowest BCUT2D eigenvalue weighted by atomic mass is 10.1. The second-order valence-electron chi connectivity index (χ2n) is 6.47. The van der Waals surface area contributed by atoms with Gasteiger partial charge in [-0.05, 0) is 67.5 Å². The Morgan fingerprint density at radius 2 is 1.89 bits per heavy atom. The highest BCUT2D eigenvalue weighted by Crippen LogP contribution is 2.24. The molecule has 2 aromatic carbocycles. The van der Waals surface area contributed by atoms with Crippen molar-refractivity contribution in [2.45, 2.75) is 18.7 Å². The number of amides is 1. The van der Waals surface area contributed by atoms with Crippen LogP contribution in [0, 0.1) is 18.6 Å². The number of aromatic amines is 1. The number of nitrogens with zero attached hydrogens (tertiary/aromatic N) is 1. The highest BCUT2D eigenvalue weighted by atomic mass is 32.2. The fourth-order valence-electron chi connectivity index (χ4n) is 2.76. The maximum Gasteiger partial charge on any atom is 0.261 e. The van der Waals surface area contributed by atoms with Gasteiger partial charge in [-0.3, -0.25) is 14.2 Å². The third-order valence-corrected chi connectivity index (χ3v) is 5.85. The number of fused-ring (bicyclic) bond motifs is 1. The van der Waals surface area contributed by atoms with Crippen molar-refractivity contribution in [3.05, 3.63) is 62.1 Å².